The first-order valence-corrected chi connectivity index (χ1v) is 6.32. The Bertz CT molecular complexity index is 479. The normalized spacial score (nSPS) is 11.9. The fraction of sp³-hybridized carbons (Fsp3) is 0.333. The number of esters is 1. The summed E-state index contributed by atoms with van der Waals surface area (Å²) in [7, 11) is 1.60. The minimum atomic E-state index is -0.783. The molecule has 1 rings (SSSR count). The zero-order chi connectivity index (χ0) is 15.0. The van der Waals surface area contributed by atoms with Gasteiger partial charge in [0.05, 0.1) is 13.7 Å². The summed E-state index contributed by atoms with van der Waals surface area (Å²) in [6.45, 7) is 3.34. The van der Waals surface area contributed by atoms with Gasteiger partial charge in [0.15, 0.2) is 0 Å². The van der Waals surface area contributed by atoms with E-state index in [1.807, 2.05) is 24.3 Å². The number of ether oxygens (including phenoxy) is 2. The van der Waals surface area contributed by atoms with Crippen molar-refractivity contribution in [2.24, 2.45) is 0 Å². The van der Waals surface area contributed by atoms with Crippen LogP contribution in [0.25, 0.3) is 6.08 Å². The first-order valence-electron chi connectivity index (χ1n) is 6.32. The smallest absolute Gasteiger partial charge is 0.332 e. The number of nitrogens with one attached hydrogen (secondary N) is 1. The highest BCUT2D eigenvalue weighted by molar-refractivity contribution is 5.85. The van der Waals surface area contributed by atoms with Gasteiger partial charge in [0.2, 0.25) is 5.91 Å². The highest BCUT2D eigenvalue weighted by Gasteiger charge is 2.17. The Balaban J connectivity index is 2.78. The number of carbonyl (C=O) groups is 2. The second-order valence-electron chi connectivity index (χ2n) is 4.06. The van der Waals surface area contributed by atoms with Gasteiger partial charge in [-0.3, -0.25) is 4.79 Å². The van der Waals surface area contributed by atoms with Crippen LogP contribution in [0.3, 0.4) is 0 Å². The van der Waals surface area contributed by atoms with Gasteiger partial charge in [-0.2, -0.15) is 0 Å². The lowest BCUT2D eigenvalue weighted by atomic mass is 10.1. The third kappa shape index (κ3) is 5.14. The van der Waals surface area contributed by atoms with Crippen LogP contribution in [0.1, 0.15) is 19.4 Å². The SMILES string of the molecule is CCOC(=O)C(/C=C/c1ccc(OC)cc1)NC(C)=O. The molecule has 20 heavy (non-hydrogen) atoms. The quantitative estimate of drug-likeness (QED) is 0.805. The summed E-state index contributed by atoms with van der Waals surface area (Å²) in [6, 6.07) is 6.56. The average Bonchev–Trinajstić information content (AvgIpc) is 2.43. The second kappa shape index (κ2) is 7.99. The molecule has 108 valence electrons. The minimum Gasteiger partial charge on any atom is -0.497 e. The van der Waals surface area contributed by atoms with E-state index in [1.165, 1.54) is 6.92 Å². The molecule has 5 heteroatoms. The topological polar surface area (TPSA) is 64.6 Å². The molecule has 0 radical (unpaired) electrons. The van der Waals surface area contributed by atoms with Crippen molar-refractivity contribution in [3.63, 3.8) is 0 Å². The molecular formula is C15H19NO4. The van der Waals surface area contributed by atoms with E-state index in [0.29, 0.717) is 0 Å². The molecule has 0 saturated heterocycles. The van der Waals surface area contributed by atoms with Gasteiger partial charge in [-0.1, -0.05) is 24.3 Å². The van der Waals surface area contributed by atoms with Crippen LogP contribution >= 0.6 is 0 Å². The summed E-state index contributed by atoms with van der Waals surface area (Å²) >= 11 is 0. The molecule has 0 saturated carbocycles. The van der Waals surface area contributed by atoms with Crippen molar-refractivity contribution >= 4 is 18.0 Å². The van der Waals surface area contributed by atoms with Gasteiger partial charge in [-0.25, -0.2) is 4.79 Å². The van der Waals surface area contributed by atoms with E-state index < -0.39 is 12.0 Å². The van der Waals surface area contributed by atoms with Gasteiger partial charge >= 0.3 is 5.97 Å². The van der Waals surface area contributed by atoms with Crippen molar-refractivity contribution in [3.8, 4) is 5.75 Å². The maximum absolute atomic E-state index is 11.7. The number of carbonyl (C=O) groups excluding carboxylic acids is 2. The zero-order valence-electron chi connectivity index (χ0n) is 11.9. The van der Waals surface area contributed by atoms with E-state index in [2.05, 4.69) is 5.32 Å². The highest BCUT2D eigenvalue weighted by Crippen LogP contribution is 2.12. The number of benzene rings is 1. The molecule has 0 spiro atoms. The van der Waals surface area contributed by atoms with Crippen LogP contribution in [0.2, 0.25) is 0 Å². The molecule has 0 heterocycles. The van der Waals surface area contributed by atoms with Gasteiger partial charge < -0.3 is 14.8 Å². The summed E-state index contributed by atoms with van der Waals surface area (Å²) in [4.78, 5) is 22.8. The Morgan fingerprint density at radius 1 is 1.30 bits per heavy atom. The van der Waals surface area contributed by atoms with Crippen LogP contribution in [0.15, 0.2) is 30.3 Å². The number of methoxy groups -OCH3 is 1. The van der Waals surface area contributed by atoms with Gasteiger partial charge in [0.25, 0.3) is 0 Å². The Morgan fingerprint density at radius 2 is 1.95 bits per heavy atom. The standard InChI is InChI=1S/C15H19NO4/c1-4-20-15(18)14(16-11(2)17)10-7-12-5-8-13(19-3)9-6-12/h5-10,14H,4H2,1-3H3,(H,16,17)/b10-7+. The van der Waals surface area contributed by atoms with Gasteiger partial charge in [0, 0.05) is 6.92 Å². The summed E-state index contributed by atoms with van der Waals surface area (Å²) in [5.41, 5.74) is 0.894. The van der Waals surface area contributed by atoms with E-state index in [-0.39, 0.29) is 12.5 Å². The number of rotatable bonds is 6. The summed E-state index contributed by atoms with van der Waals surface area (Å²) in [5, 5.41) is 2.53. The largest absolute Gasteiger partial charge is 0.497 e. The molecule has 1 N–H and O–H groups in total. The van der Waals surface area contributed by atoms with E-state index in [9.17, 15) is 9.59 Å². The lowest BCUT2D eigenvalue weighted by molar-refractivity contribution is -0.145. The first kappa shape index (κ1) is 15.8. The molecule has 5 nitrogen and oxygen atoms in total. The molecule has 0 fully saturated rings. The van der Waals surface area contributed by atoms with Gasteiger partial charge in [-0.15, -0.1) is 0 Å². The molecule has 0 aliphatic heterocycles. The van der Waals surface area contributed by atoms with Crippen molar-refractivity contribution in [1.82, 2.24) is 5.32 Å². The minimum absolute atomic E-state index is 0.269. The first-order chi connectivity index (χ1) is 9.56. The summed E-state index contributed by atoms with van der Waals surface area (Å²) in [6.07, 6.45) is 3.35. The summed E-state index contributed by atoms with van der Waals surface area (Å²) < 4.78 is 9.97. The van der Waals surface area contributed by atoms with Crippen molar-refractivity contribution in [2.75, 3.05) is 13.7 Å². The molecule has 0 aliphatic carbocycles. The average molecular weight is 277 g/mol. The van der Waals surface area contributed by atoms with Gasteiger partial charge in [0.1, 0.15) is 11.8 Å². The van der Waals surface area contributed by atoms with Crippen molar-refractivity contribution in [2.45, 2.75) is 19.9 Å². The molecule has 1 atom stereocenters. The third-order valence-electron chi connectivity index (χ3n) is 2.50. The zero-order valence-corrected chi connectivity index (χ0v) is 11.9. The number of amides is 1. The lowest BCUT2D eigenvalue weighted by Crippen LogP contribution is -2.39. The Hall–Kier alpha value is -2.30. The molecule has 1 aromatic carbocycles. The maximum Gasteiger partial charge on any atom is 0.332 e. The van der Waals surface area contributed by atoms with Crippen molar-refractivity contribution < 1.29 is 19.1 Å². The Kier molecular flexibility index (Phi) is 6.29. The second-order valence-corrected chi connectivity index (χ2v) is 4.06. The molecule has 0 bridgehead atoms. The van der Waals surface area contributed by atoms with Crippen LogP contribution in [-0.4, -0.2) is 31.6 Å². The monoisotopic (exact) mass is 277 g/mol. The fourth-order valence-electron chi connectivity index (χ4n) is 1.56. The van der Waals surface area contributed by atoms with E-state index >= 15 is 0 Å². The summed E-state index contributed by atoms with van der Waals surface area (Å²) in [5.74, 6) is -0.0131. The van der Waals surface area contributed by atoms with E-state index in [1.54, 1.807) is 26.2 Å². The highest BCUT2D eigenvalue weighted by atomic mass is 16.5. The van der Waals surface area contributed by atoms with E-state index in [4.69, 9.17) is 9.47 Å². The van der Waals surface area contributed by atoms with Crippen LogP contribution in [-0.2, 0) is 14.3 Å². The fourth-order valence-corrected chi connectivity index (χ4v) is 1.56. The molecule has 1 aromatic rings. The Morgan fingerprint density at radius 3 is 2.45 bits per heavy atom. The van der Waals surface area contributed by atoms with E-state index in [0.717, 1.165) is 11.3 Å². The van der Waals surface area contributed by atoms with Crippen LogP contribution < -0.4 is 10.1 Å². The molecule has 0 aromatic heterocycles. The number of hydrogen-bond acceptors (Lipinski definition) is 4. The van der Waals surface area contributed by atoms with Gasteiger partial charge in [-0.05, 0) is 24.6 Å². The molecule has 0 aliphatic rings. The molecular weight excluding hydrogens is 258 g/mol. The Labute approximate surface area is 118 Å². The maximum atomic E-state index is 11.7. The van der Waals surface area contributed by atoms with Crippen LogP contribution in [0.4, 0.5) is 0 Å². The van der Waals surface area contributed by atoms with Crippen LogP contribution in [0.5, 0.6) is 5.75 Å². The molecule has 1 unspecified atom stereocenters. The predicted molar refractivity (Wildman–Crippen MR) is 76.3 cm³/mol. The van der Waals surface area contributed by atoms with Crippen LogP contribution in [0, 0.1) is 0 Å². The van der Waals surface area contributed by atoms with Crippen molar-refractivity contribution in [3.05, 3.63) is 35.9 Å². The lowest BCUT2D eigenvalue weighted by Gasteiger charge is -2.12. The number of hydrogen-bond donors (Lipinski definition) is 1. The third-order valence-corrected chi connectivity index (χ3v) is 2.50. The molecule has 1 amide bonds. The van der Waals surface area contributed by atoms with Crippen molar-refractivity contribution in [1.29, 1.82) is 0 Å². The predicted octanol–water partition coefficient (Wildman–Crippen LogP) is 1.78.